The van der Waals surface area contributed by atoms with E-state index in [0.717, 1.165) is 0 Å². The van der Waals surface area contributed by atoms with E-state index in [1.54, 1.807) is 21.1 Å². The first kappa shape index (κ1) is 23.9. The minimum atomic E-state index is -1.43. The van der Waals surface area contributed by atoms with E-state index in [4.69, 9.17) is 0 Å². The summed E-state index contributed by atoms with van der Waals surface area (Å²) in [5, 5.41) is 47.6. The van der Waals surface area contributed by atoms with Crippen LogP contribution in [0.2, 0.25) is 0 Å². The fourth-order valence-electron chi connectivity index (χ4n) is 4.62. The number of hydrogen-bond acceptors (Lipinski definition) is 7. The monoisotopic (exact) mass is 457 g/mol. The average Bonchev–Trinajstić information content (AvgIpc) is 3.08. The summed E-state index contributed by atoms with van der Waals surface area (Å²) in [6, 6.07) is 6.43. The van der Waals surface area contributed by atoms with Crippen molar-refractivity contribution >= 4 is 23.9 Å². The van der Waals surface area contributed by atoms with Crippen LogP contribution in [-0.4, -0.2) is 65.4 Å². The van der Waals surface area contributed by atoms with Gasteiger partial charge in [-0.1, -0.05) is 6.07 Å². The van der Waals surface area contributed by atoms with Crippen molar-refractivity contribution < 1.29 is 39.6 Å². The SMILES string of the molecule is CNC1(NC)CC(NC)(c2ccc(C(=O)O)c(C(=O)O)c2)c2cc(C(=O)O)c(C(=O)O)cc21. The van der Waals surface area contributed by atoms with Crippen LogP contribution in [0.5, 0.6) is 0 Å². The van der Waals surface area contributed by atoms with Crippen LogP contribution >= 0.6 is 0 Å². The summed E-state index contributed by atoms with van der Waals surface area (Å²) >= 11 is 0. The zero-order valence-electron chi connectivity index (χ0n) is 18.0. The second kappa shape index (κ2) is 8.28. The van der Waals surface area contributed by atoms with E-state index in [9.17, 15) is 39.6 Å². The molecule has 0 radical (unpaired) electrons. The van der Waals surface area contributed by atoms with Gasteiger partial charge in [0.05, 0.1) is 33.5 Å². The molecular formula is C22H23N3O8. The van der Waals surface area contributed by atoms with Gasteiger partial charge in [-0.15, -0.1) is 0 Å². The number of benzene rings is 2. The highest BCUT2D eigenvalue weighted by molar-refractivity contribution is 6.03. The molecule has 0 fully saturated rings. The van der Waals surface area contributed by atoms with E-state index in [1.165, 1.54) is 30.3 Å². The zero-order valence-corrected chi connectivity index (χ0v) is 18.0. The van der Waals surface area contributed by atoms with Crippen LogP contribution < -0.4 is 16.0 Å². The molecule has 174 valence electrons. The number of aromatic carboxylic acids is 4. The molecule has 0 aliphatic heterocycles. The molecule has 0 spiro atoms. The summed E-state index contributed by atoms with van der Waals surface area (Å²) in [5.74, 6) is -5.67. The number of carboxylic acids is 4. The molecule has 2 aromatic carbocycles. The van der Waals surface area contributed by atoms with Gasteiger partial charge in [-0.3, -0.25) is 10.6 Å². The lowest BCUT2D eigenvalue weighted by molar-refractivity contribution is 0.0651. The third-order valence-corrected chi connectivity index (χ3v) is 6.32. The summed E-state index contributed by atoms with van der Waals surface area (Å²) < 4.78 is 0. The van der Waals surface area contributed by atoms with Crippen molar-refractivity contribution in [3.8, 4) is 0 Å². The molecule has 1 unspecified atom stereocenters. The normalized spacial score (nSPS) is 18.5. The van der Waals surface area contributed by atoms with E-state index < -0.39 is 57.3 Å². The van der Waals surface area contributed by atoms with Gasteiger partial charge < -0.3 is 25.7 Å². The predicted octanol–water partition coefficient (Wildman–Crippen LogP) is 0.938. The van der Waals surface area contributed by atoms with Crippen molar-refractivity contribution in [3.63, 3.8) is 0 Å². The molecular weight excluding hydrogens is 434 g/mol. The Balaban J connectivity index is 2.43. The molecule has 1 aliphatic carbocycles. The second-order valence-electron chi connectivity index (χ2n) is 7.66. The van der Waals surface area contributed by atoms with E-state index in [-0.39, 0.29) is 6.42 Å². The van der Waals surface area contributed by atoms with Crippen molar-refractivity contribution in [1.82, 2.24) is 16.0 Å². The second-order valence-corrected chi connectivity index (χ2v) is 7.66. The minimum Gasteiger partial charge on any atom is -0.478 e. The summed E-state index contributed by atoms with van der Waals surface area (Å²) in [5.41, 5.74) is -2.57. The third kappa shape index (κ3) is 3.52. The number of carboxylic acid groups (broad SMARTS) is 4. The maximum Gasteiger partial charge on any atom is 0.336 e. The van der Waals surface area contributed by atoms with Crippen LogP contribution in [0.1, 0.15) is 64.5 Å². The van der Waals surface area contributed by atoms with E-state index in [1.807, 2.05) is 0 Å². The van der Waals surface area contributed by atoms with Crippen LogP contribution in [0.3, 0.4) is 0 Å². The van der Waals surface area contributed by atoms with Gasteiger partial charge in [0.25, 0.3) is 0 Å². The average molecular weight is 457 g/mol. The van der Waals surface area contributed by atoms with Crippen LogP contribution in [0.15, 0.2) is 30.3 Å². The van der Waals surface area contributed by atoms with Crippen LogP contribution in [0.4, 0.5) is 0 Å². The standard InChI is InChI=1S/C22H23N3O8/c1-23-21(10-4-5-11(17(26)27)12(6-10)18(28)29)9-22(24-2,25-3)16-8-14(20(32)33)13(19(30)31)7-15(16)21/h4-8,23-25H,9H2,1-3H3,(H,26,27)(H,28,29)(H,30,31)(H,32,33). The Bertz CT molecular complexity index is 1190. The van der Waals surface area contributed by atoms with Gasteiger partial charge in [-0.2, -0.15) is 0 Å². The Morgan fingerprint density at radius 2 is 1.12 bits per heavy atom. The first-order chi connectivity index (χ1) is 15.5. The maximum absolute atomic E-state index is 11.9. The molecule has 2 aromatic rings. The van der Waals surface area contributed by atoms with Gasteiger partial charge in [0, 0.05) is 6.42 Å². The summed E-state index contributed by atoms with van der Waals surface area (Å²) in [4.78, 5) is 46.9. The Labute approximate surface area is 188 Å². The van der Waals surface area contributed by atoms with Crippen molar-refractivity contribution in [2.75, 3.05) is 21.1 Å². The Morgan fingerprint density at radius 3 is 1.55 bits per heavy atom. The van der Waals surface area contributed by atoms with Gasteiger partial charge in [0.15, 0.2) is 0 Å². The third-order valence-electron chi connectivity index (χ3n) is 6.32. The van der Waals surface area contributed by atoms with Crippen molar-refractivity contribution in [1.29, 1.82) is 0 Å². The molecule has 1 aliphatic rings. The number of carbonyl (C=O) groups is 4. The van der Waals surface area contributed by atoms with E-state index in [0.29, 0.717) is 16.7 Å². The molecule has 11 heteroatoms. The van der Waals surface area contributed by atoms with Crippen LogP contribution in [0, 0.1) is 0 Å². The molecule has 0 amide bonds. The number of rotatable bonds is 8. The largest absolute Gasteiger partial charge is 0.478 e. The van der Waals surface area contributed by atoms with E-state index >= 15 is 0 Å². The van der Waals surface area contributed by atoms with Crippen molar-refractivity contribution in [2.24, 2.45) is 0 Å². The molecule has 0 bridgehead atoms. The van der Waals surface area contributed by atoms with Crippen LogP contribution in [-0.2, 0) is 11.2 Å². The predicted molar refractivity (Wildman–Crippen MR) is 115 cm³/mol. The molecule has 0 saturated heterocycles. The molecule has 0 saturated carbocycles. The summed E-state index contributed by atoms with van der Waals surface area (Å²) in [6.45, 7) is 0. The molecule has 3 rings (SSSR count). The van der Waals surface area contributed by atoms with Gasteiger partial charge >= 0.3 is 23.9 Å². The van der Waals surface area contributed by atoms with E-state index in [2.05, 4.69) is 16.0 Å². The minimum absolute atomic E-state index is 0.187. The first-order valence-corrected chi connectivity index (χ1v) is 9.81. The van der Waals surface area contributed by atoms with Gasteiger partial charge in [0.1, 0.15) is 0 Å². The molecule has 7 N–H and O–H groups in total. The number of nitrogens with one attached hydrogen (secondary N) is 3. The highest BCUT2D eigenvalue weighted by Crippen LogP contribution is 2.50. The molecule has 1 atom stereocenters. The Morgan fingerprint density at radius 1 is 0.667 bits per heavy atom. The topological polar surface area (TPSA) is 185 Å². The fourth-order valence-corrected chi connectivity index (χ4v) is 4.62. The molecule has 0 heterocycles. The lowest BCUT2D eigenvalue weighted by Gasteiger charge is -2.35. The number of fused-ring (bicyclic) bond motifs is 1. The van der Waals surface area contributed by atoms with Crippen LogP contribution in [0.25, 0.3) is 0 Å². The van der Waals surface area contributed by atoms with Gasteiger partial charge in [-0.05, 0) is 62.1 Å². The Kier molecular flexibility index (Phi) is 5.98. The quantitative estimate of drug-likeness (QED) is 0.280. The fraction of sp³-hybridized carbons (Fsp3) is 0.273. The molecule has 11 nitrogen and oxygen atoms in total. The summed E-state index contributed by atoms with van der Waals surface area (Å²) in [6.07, 6.45) is 0.187. The van der Waals surface area contributed by atoms with Gasteiger partial charge in [0.2, 0.25) is 0 Å². The molecule has 33 heavy (non-hydrogen) atoms. The van der Waals surface area contributed by atoms with Crippen molar-refractivity contribution in [3.05, 3.63) is 69.3 Å². The summed E-state index contributed by atoms with van der Waals surface area (Å²) in [7, 11) is 4.89. The highest BCUT2D eigenvalue weighted by Gasteiger charge is 2.52. The first-order valence-electron chi connectivity index (χ1n) is 9.81. The maximum atomic E-state index is 11.9. The van der Waals surface area contributed by atoms with Crippen molar-refractivity contribution in [2.45, 2.75) is 17.6 Å². The number of hydrogen-bond donors (Lipinski definition) is 7. The zero-order chi connectivity index (χ0) is 24.7. The lowest BCUT2D eigenvalue weighted by atomic mass is 9.81. The van der Waals surface area contributed by atoms with Gasteiger partial charge in [-0.25, -0.2) is 19.2 Å². The highest BCUT2D eigenvalue weighted by atomic mass is 16.4. The smallest absolute Gasteiger partial charge is 0.336 e. The lowest BCUT2D eigenvalue weighted by Crippen LogP contribution is -2.52. The Hall–Kier alpha value is -3.80. The molecule has 0 aromatic heterocycles.